The van der Waals surface area contributed by atoms with Crippen LogP contribution in [0.25, 0.3) is 0 Å². The minimum atomic E-state index is -3.40. The Bertz CT molecular complexity index is 383. The van der Waals surface area contributed by atoms with Crippen molar-refractivity contribution in [3.63, 3.8) is 0 Å². The molecule has 1 fully saturated rings. The van der Waals surface area contributed by atoms with Crippen LogP contribution in [0.4, 0.5) is 0 Å². The molecule has 100 valence electrons. The first-order chi connectivity index (χ1) is 7.82. The van der Waals surface area contributed by atoms with Gasteiger partial charge < -0.3 is 5.73 Å². The van der Waals surface area contributed by atoms with E-state index < -0.39 is 15.3 Å². The second-order valence-corrected chi connectivity index (χ2v) is 8.30. The first kappa shape index (κ1) is 15.2. The number of thioether (sulfide) groups is 1. The minimum absolute atomic E-state index is 0.00199. The molecule has 4 nitrogen and oxygen atoms in total. The summed E-state index contributed by atoms with van der Waals surface area (Å²) in [6.07, 6.45) is 0.433. The van der Waals surface area contributed by atoms with E-state index in [0.29, 0.717) is 18.2 Å². The lowest BCUT2D eigenvalue weighted by molar-refractivity contribution is 0.338. The lowest BCUT2D eigenvalue weighted by Gasteiger charge is -2.38. The highest BCUT2D eigenvalue weighted by atomic mass is 32.2. The van der Waals surface area contributed by atoms with Crippen LogP contribution in [0.1, 0.15) is 27.2 Å². The summed E-state index contributed by atoms with van der Waals surface area (Å²) in [4.78, 5) is 0.0746. The number of nitrogens with zero attached hydrogens (tertiary/aromatic N) is 1. The second-order valence-electron chi connectivity index (χ2n) is 4.27. The molecule has 0 aromatic heterocycles. The third-order valence-electron chi connectivity index (χ3n) is 3.20. The van der Waals surface area contributed by atoms with Crippen LogP contribution in [-0.4, -0.2) is 46.6 Å². The molecule has 1 aliphatic heterocycles. The van der Waals surface area contributed by atoms with Gasteiger partial charge in [0.05, 0.1) is 4.99 Å². The van der Waals surface area contributed by atoms with Crippen molar-refractivity contribution in [1.29, 1.82) is 0 Å². The zero-order valence-electron chi connectivity index (χ0n) is 10.4. The first-order valence-electron chi connectivity index (χ1n) is 5.74. The molecule has 1 aliphatic rings. The van der Waals surface area contributed by atoms with Crippen LogP contribution >= 0.6 is 24.0 Å². The molecule has 0 aliphatic carbocycles. The van der Waals surface area contributed by atoms with E-state index in [2.05, 4.69) is 6.92 Å². The highest BCUT2D eigenvalue weighted by molar-refractivity contribution is 8.00. The van der Waals surface area contributed by atoms with Crippen LogP contribution in [0.5, 0.6) is 0 Å². The van der Waals surface area contributed by atoms with Crippen molar-refractivity contribution in [1.82, 2.24) is 4.31 Å². The molecule has 0 spiro atoms. The maximum atomic E-state index is 12.5. The predicted octanol–water partition coefficient (Wildman–Crippen LogP) is 1.21. The van der Waals surface area contributed by atoms with Crippen molar-refractivity contribution < 1.29 is 8.42 Å². The Hall–Kier alpha value is 0.150. The second kappa shape index (κ2) is 5.86. The summed E-state index contributed by atoms with van der Waals surface area (Å²) in [5, 5.41) is -0.419. The van der Waals surface area contributed by atoms with Gasteiger partial charge in [0.15, 0.2) is 0 Å². The van der Waals surface area contributed by atoms with Gasteiger partial charge in [0.25, 0.3) is 0 Å². The van der Waals surface area contributed by atoms with Crippen LogP contribution in [0, 0.1) is 0 Å². The maximum absolute atomic E-state index is 12.5. The molecule has 2 N–H and O–H groups in total. The molecule has 3 atom stereocenters. The van der Waals surface area contributed by atoms with E-state index in [1.165, 1.54) is 0 Å². The topological polar surface area (TPSA) is 63.4 Å². The summed E-state index contributed by atoms with van der Waals surface area (Å²) in [7, 11) is -3.40. The van der Waals surface area contributed by atoms with Crippen molar-refractivity contribution in [2.45, 2.75) is 43.7 Å². The fraction of sp³-hybridized carbons (Fsp3) is 0.900. The van der Waals surface area contributed by atoms with Gasteiger partial charge in [-0.15, -0.1) is 0 Å². The minimum Gasteiger partial charge on any atom is -0.392 e. The fourth-order valence-electron chi connectivity index (χ4n) is 1.99. The summed E-state index contributed by atoms with van der Waals surface area (Å²) in [5.41, 5.74) is 5.54. The van der Waals surface area contributed by atoms with Crippen LogP contribution in [0.3, 0.4) is 0 Å². The molecule has 0 amide bonds. The van der Waals surface area contributed by atoms with Crippen molar-refractivity contribution in [2.24, 2.45) is 5.73 Å². The van der Waals surface area contributed by atoms with Gasteiger partial charge in [-0.25, -0.2) is 8.42 Å². The zero-order chi connectivity index (χ0) is 13.2. The molecule has 1 rings (SSSR count). The molecule has 7 heteroatoms. The van der Waals surface area contributed by atoms with E-state index in [1.54, 1.807) is 23.0 Å². The number of rotatable bonds is 4. The quantitative estimate of drug-likeness (QED) is 0.790. The Morgan fingerprint density at radius 2 is 2.18 bits per heavy atom. The SMILES string of the molecule is CCC(C(N)=S)S(=O)(=O)N1CCSC(C)C1C. The van der Waals surface area contributed by atoms with Gasteiger partial charge in [0.2, 0.25) is 10.0 Å². The van der Waals surface area contributed by atoms with E-state index in [9.17, 15) is 8.42 Å². The summed E-state index contributed by atoms with van der Waals surface area (Å²) >= 11 is 6.67. The normalized spacial score (nSPS) is 28.9. The molecule has 0 radical (unpaired) electrons. The van der Waals surface area contributed by atoms with E-state index in [1.807, 2.05) is 6.92 Å². The summed E-state index contributed by atoms with van der Waals surface area (Å²) in [5.74, 6) is 0.832. The lowest BCUT2D eigenvalue weighted by atomic mass is 10.2. The predicted molar refractivity (Wildman–Crippen MR) is 77.9 cm³/mol. The third-order valence-corrected chi connectivity index (χ3v) is 7.45. The number of hydrogen-bond acceptors (Lipinski definition) is 4. The van der Waals surface area contributed by atoms with Crippen LogP contribution < -0.4 is 5.73 Å². The average molecular weight is 296 g/mol. The Balaban J connectivity index is 3.00. The summed E-state index contributed by atoms with van der Waals surface area (Å²) in [6, 6.07) is 0.00199. The Morgan fingerprint density at radius 3 is 2.65 bits per heavy atom. The monoisotopic (exact) mass is 296 g/mol. The van der Waals surface area contributed by atoms with Gasteiger partial charge in [-0.05, 0) is 13.3 Å². The van der Waals surface area contributed by atoms with Crippen LogP contribution in [0.15, 0.2) is 0 Å². The van der Waals surface area contributed by atoms with E-state index in [0.717, 1.165) is 5.75 Å². The summed E-state index contributed by atoms with van der Waals surface area (Å²) < 4.78 is 26.5. The molecule has 0 saturated carbocycles. The molecule has 3 unspecified atom stereocenters. The molecule has 17 heavy (non-hydrogen) atoms. The lowest BCUT2D eigenvalue weighted by Crippen LogP contribution is -2.53. The van der Waals surface area contributed by atoms with Gasteiger partial charge >= 0.3 is 0 Å². The van der Waals surface area contributed by atoms with Gasteiger partial charge in [-0.3, -0.25) is 0 Å². The van der Waals surface area contributed by atoms with Gasteiger partial charge in [-0.1, -0.05) is 26.1 Å². The standard InChI is InChI=1S/C10H20N2O2S3/c1-4-9(10(11)15)17(13,14)12-5-6-16-8(3)7(12)2/h7-9H,4-6H2,1-3H3,(H2,11,15). The molecule has 1 heterocycles. The van der Waals surface area contributed by atoms with Crippen molar-refractivity contribution >= 4 is 39.0 Å². The largest absolute Gasteiger partial charge is 0.392 e. The van der Waals surface area contributed by atoms with Crippen molar-refractivity contribution in [2.75, 3.05) is 12.3 Å². The number of nitrogens with two attached hydrogens (primary N) is 1. The van der Waals surface area contributed by atoms with E-state index in [4.69, 9.17) is 18.0 Å². The third kappa shape index (κ3) is 3.13. The zero-order valence-corrected chi connectivity index (χ0v) is 12.9. The first-order valence-corrected chi connectivity index (χ1v) is 8.70. The van der Waals surface area contributed by atoms with Crippen LogP contribution in [0.2, 0.25) is 0 Å². The van der Waals surface area contributed by atoms with Crippen molar-refractivity contribution in [3.05, 3.63) is 0 Å². The molecular weight excluding hydrogens is 276 g/mol. The highest BCUT2D eigenvalue weighted by Crippen LogP contribution is 2.28. The van der Waals surface area contributed by atoms with Gasteiger partial charge in [0, 0.05) is 23.6 Å². The molecule has 0 aromatic carbocycles. The van der Waals surface area contributed by atoms with Gasteiger partial charge in [-0.2, -0.15) is 16.1 Å². The van der Waals surface area contributed by atoms with E-state index in [-0.39, 0.29) is 11.0 Å². The number of sulfonamides is 1. The van der Waals surface area contributed by atoms with Crippen molar-refractivity contribution in [3.8, 4) is 0 Å². The average Bonchev–Trinajstić information content (AvgIpc) is 2.21. The van der Waals surface area contributed by atoms with Crippen LogP contribution in [-0.2, 0) is 10.0 Å². The summed E-state index contributed by atoms with van der Waals surface area (Å²) in [6.45, 7) is 6.35. The van der Waals surface area contributed by atoms with E-state index >= 15 is 0 Å². The molecular formula is C10H20N2O2S3. The molecule has 0 bridgehead atoms. The smallest absolute Gasteiger partial charge is 0.223 e. The van der Waals surface area contributed by atoms with Gasteiger partial charge in [0.1, 0.15) is 5.25 Å². The molecule has 0 aromatic rings. The number of thiocarbonyl (C=S) groups is 1. The Kier molecular flexibility index (Phi) is 5.24. The molecule has 1 saturated heterocycles. The Labute approximate surface area is 113 Å². The number of hydrogen-bond donors (Lipinski definition) is 1. The maximum Gasteiger partial charge on any atom is 0.223 e. The Morgan fingerprint density at radius 1 is 1.59 bits per heavy atom. The fourth-order valence-corrected chi connectivity index (χ4v) is 5.84. The highest BCUT2D eigenvalue weighted by Gasteiger charge is 2.39.